The van der Waals surface area contributed by atoms with Gasteiger partial charge in [-0.1, -0.05) is 15.9 Å². The van der Waals surface area contributed by atoms with Crippen molar-refractivity contribution in [1.82, 2.24) is 0 Å². The van der Waals surface area contributed by atoms with Crippen molar-refractivity contribution < 1.29 is 4.92 Å². The molecule has 0 saturated heterocycles. The second-order valence-corrected chi connectivity index (χ2v) is 5.68. The summed E-state index contributed by atoms with van der Waals surface area (Å²) in [5, 5.41) is 12.8. The Bertz CT molecular complexity index is 751. The Kier molecular flexibility index (Phi) is 2.38. The van der Waals surface area contributed by atoms with Gasteiger partial charge in [-0.3, -0.25) is 10.1 Å². The normalized spacial score (nSPS) is 11.1. The summed E-state index contributed by atoms with van der Waals surface area (Å²) in [6.45, 7) is 0. The Morgan fingerprint density at radius 3 is 2.41 bits per heavy atom. The number of nitro groups is 1. The van der Waals surface area contributed by atoms with Gasteiger partial charge in [0.15, 0.2) is 0 Å². The molecule has 0 amide bonds. The van der Waals surface area contributed by atoms with Gasteiger partial charge < -0.3 is 0 Å². The predicted molar refractivity (Wildman–Crippen MR) is 73.7 cm³/mol. The first-order valence-electron chi connectivity index (χ1n) is 4.91. The van der Waals surface area contributed by atoms with Crippen molar-refractivity contribution in [3.05, 3.63) is 51.0 Å². The maximum Gasteiger partial charge on any atom is 0.270 e. The zero-order chi connectivity index (χ0) is 12.0. The molecule has 1 heterocycles. The van der Waals surface area contributed by atoms with E-state index in [2.05, 4.69) is 15.9 Å². The first kappa shape index (κ1) is 10.7. The highest BCUT2D eigenvalue weighted by molar-refractivity contribution is 9.10. The summed E-state index contributed by atoms with van der Waals surface area (Å²) in [7, 11) is 0. The van der Waals surface area contributed by atoms with E-state index in [0.717, 1.165) is 24.6 Å². The second kappa shape index (κ2) is 3.78. The van der Waals surface area contributed by atoms with Gasteiger partial charge in [-0.05, 0) is 24.3 Å². The van der Waals surface area contributed by atoms with Gasteiger partial charge in [0.2, 0.25) is 0 Å². The van der Waals surface area contributed by atoms with E-state index in [1.807, 2.05) is 24.3 Å². The number of rotatable bonds is 1. The van der Waals surface area contributed by atoms with Gasteiger partial charge in [0, 0.05) is 36.8 Å². The predicted octanol–water partition coefficient (Wildman–Crippen LogP) is 4.73. The van der Waals surface area contributed by atoms with Gasteiger partial charge in [0.25, 0.3) is 5.69 Å². The van der Waals surface area contributed by atoms with Crippen molar-refractivity contribution in [3.8, 4) is 0 Å². The molecule has 3 rings (SSSR count). The lowest BCUT2D eigenvalue weighted by Gasteiger charge is -1.93. The van der Waals surface area contributed by atoms with Crippen molar-refractivity contribution in [2.75, 3.05) is 0 Å². The number of hydrogen-bond donors (Lipinski definition) is 0. The zero-order valence-corrected chi connectivity index (χ0v) is 10.9. The molecule has 0 spiro atoms. The molecule has 5 heteroatoms. The fourth-order valence-corrected chi connectivity index (χ4v) is 3.28. The third-order valence-electron chi connectivity index (χ3n) is 2.63. The molecule has 84 valence electrons. The summed E-state index contributed by atoms with van der Waals surface area (Å²) in [4.78, 5) is 10.4. The van der Waals surface area contributed by atoms with E-state index in [-0.39, 0.29) is 10.6 Å². The molecule has 0 radical (unpaired) electrons. The number of benzene rings is 2. The maximum atomic E-state index is 10.8. The highest BCUT2D eigenvalue weighted by atomic mass is 79.9. The SMILES string of the molecule is O=[N+]([O-])c1ccc2sc3ccc(Br)cc3c2c1. The van der Waals surface area contributed by atoms with E-state index in [1.54, 1.807) is 23.5 Å². The topological polar surface area (TPSA) is 43.1 Å². The largest absolute Gasteiger partial charge is 0.270 e. The summed E-state index contributed by atoms with van der Waals surface area (Å²) < 4.78 is 3.20. The fourth-order valence-electron chi connectivity index (χ4n) is 1.85. The van der Waals surface area contributed by atoms with Crippen molar-refractivity contribution >= 4 is 53.1 Å². The number of thiophene rings is 1. The third kappa shape index (κ3) is 1.71. The molecule has 1 aromatic heterocycles. The first-order valence-corrected chi connectivity index (χ1v) is 6.52. The molecule has 3 nitrogen and oxygen atoms in total. The zero-order valence-electron chi connectivity index (χ0n) is 8.51. The van der Waals surface area contributed by atoms with E-state index >= 15 is 0 Å². The summed E-state index contributed by atoms with van der Waals surface area (Å²) >= 11 is 5.07. The molecule has 0 fully saturated rings. The Balaban J connectivity index is 2.43. The number of non-ortho nitro benzene ring substituents is 1. The molecule has 3 aromatic rings. The molecule has 2 aromatic carbocycles. The third-order valence-corrected chi connectivity index (χ3v) is 4.27. The van der Waals surface area contributed by atoms with E-state index in [1.165, 1.54) is 0 Å². The number of halogens is 1. The van der Waals surface area contributed by atoms with Crippen LogP contribution in [0, 0.1) is 10.1 Å². The van der Waals surface area contributed by atoms with Crippen molar-refractivity contribution in [1.29, 1.82) is 0 Å². The molecular formula is C12H6BrNO2S. The van der Waals surface area contributed by atoms with Gasteiger partial charge in [-0.2, -0.15) is 0 Å². The molecule has 17 heavy (non-hydrogen) atoms. The van der Waals surface area contributed by atoms with Crippen LogP contribution in [0.25, 0.3) is 20.2 Å². The Labute approximate surface area is 109 Å². The lowest BCUT2D eigenvalue weighted by molar-refractivity contribution is -0.384. The first-order chi connectivity index (χ1) is 8.15. The van der Waals surface area contributed by atoms with Gasteiger partial charge in [0.1, 0.15) is 0 Å². The smallest absolute Gasteiger partial charge is 0.258 e. The second-order valence-electron chi connectivity index (χ2n) is 3.68. The fraction of sp³-hybridized carbons (Fsp3) is 0. The van der Waals surface area contributed by atoms with Crippen molar-refractivity contribution in [2.45, 2.75) is 0 Å². The van der Waals surface area contributed by atoms with Crippen LogP contribution in [-0.4, -0.2) is 4.92 Å². The van der Waals surface area contributed by atoms with E-state index < -0.39 is 0 Å². The Morgan fingerprint density at radius 2 is 1.71 bits per heavy atom. The maximum absolute atomic E-state index is 10.8. The quantitative estimate of drug-likeness (QED) is 0.482. The Morgan fingerprint density at radius 1 is 1.06 bits per heavy atom. The minimum absolute atomic E-state index is 0.136. The number of nitro benzene ring substituents is 1. The van der Waals surface area contributed by atoms with Crippen LogP contribution in [0.2, 0.25) is 0 Å². The van der Waals surface area contributed by atoms with E-state index in [0.29, 0.717) is 0 Å². The minimum Gasteiger partial charge on any atom is -0.258 e. The average Bonchev–Trinajstić information content (AvgIpc) is 2.66. The molecule has 0 N–H and O–H groups in total. The Hall–Kier alpha value is -1.46. The molecule has 0 unspecified atom stereocenters. The van der Waals surface area contributed by atoms with Crippen LogP contribution in [0.1, 0.15) is 0 Å². The molecule has 0 bridgehead atoms. The van der Waals surface area contributed by atoms with Crippen LogP contribution in [0.4, 0.5) is 5.69 Å². The molecule has 0 aliphatic heterocycles. The standard InChI is InChI=1S/C12H6BrNO2S/c13-7-1-3-11-9(5-7)10-6-8(14(15)16)2-4-12(10)17-11/h1-6H. The molecule has 0 aliphatic carbocycles. The monoisotopic (exact) mass is 307 g/mol. The summed E-state index contributed by atoms with van der Waals surface area (Å²) in [5.41, 5.74) is 0.136. The lowest BCUT2D eigenvalue weighted by atomic mass is 10.1. The highest BCUT2D eigenvalue weighted by Gasteiger charge is 2.10. The van der Waals surface area contributed by atoms with E-state index in [4.69, 9.17) is 0 Å². The highest BCUT2D eigenvalue weighted by Crippen LogP contribution is 2.36. The molecule has 0 atom stereocenters. The summed E-state index contributed by atoms with van der Waals surface area (Å²) in [6, 6.07) is 11.0. The van der Waals surface area contributed by atoms with Crippen molar-refractivity contribution in [3.63, 3.8) is 0 Å². The van der Waals surface area contributed by atoms with Crippen molar-refractivity contribution in [2.24, 2.45) is 0 Å². The lowest BCUT2D eigenvalue weighted by Crippen LogP contribution is -1.85. The number of nitrogens with zero attached hydrogens (tertiary/aromatic N) is 1. The van der Waals surface area contributed by atoms with Crippen LogP contribution in [-0.2, 0) is 0 Å². The van der Waals surface area contributed by atoms with Crippen LogP contribution in [0.3, 0.4) is 0 Å². The van der Waals surface area contributed by atoms with Gasteiger partial charge >= 0.3 is 0 Å². The van der Waals surface area contributed by atoms with Gasteiger partial charge in [-0.25, -0.2) is 0 Å². The summed E-state index contributed by atoms with van der Waals surface area (Å²) in [5.74, 6) is 0. The minimum atomic E-state index is -0.360. The van der Waals surface area contributed by atoms with Crippen LogP contribution >= 0.6 is 27.3 Å². The van der Waals surface area contributed by atoms with Crippen LogP contribution in [0.5, 0.6) is 0 Å². The number of fused-ring (bicyclic) bond motifs is 3. The average molecular weight is 308 g/mol. The molecular weight excluding hydrogens is 302 g/mol. The molecule has 0 aliphatic rings. The number of hydrogen-bond acceptors (Lipinski definition) is 3. The molecule has 0 saturated carbocycles. The van der Waals surface area contributed by atoms with Gasteiger partial charge in [0.05, 0.1) is 4.92 Å². The van der Waals surface area contributed by atoms with E-state index in [9.17, 15) is 10.1 Å². The van der Waals surface area contributed by atoms with Gasteiger partial charge in [-0.15, -0.1) is 11.3 Å². The van der Waals surface area contributed by atoms with Crippen LogP contribution in [0.15, 0.2) is 40.9 Å². The van der Waals surface area contributed by atoms with Crippen LogP contribution < -0.4 is 0 Å². The summed E-state index contributed by atoms with van der Waals surface area (Å²) in [6.07, 6.45) is 0.